The smallest absolute Gasteiger partial charge is 0.266 e. The van der Waals surface area contributed by atoms with Crippen LogP contribution in [0.25, 0.3) is 0 Å². The molecule has 0 aliphatic heterocycles. The average Bonchev–Trinajstić information content (AvgIpc) is 2.62. The van der Waals surface area contributed by atoms with E-state index in [-0.39, 0.29) is 21.5 Å². The van der Waals surface area contributed by atoms with Gasteiger partial charge in [0.15, 0.2) is 0 Å². The summed E-state index contributed by atoms with van der Waals surface area (Å²) in [6, 6.07) is 9.91. The molecule has 146 valence electrons. The summed E-state index contributed by atoms with van der Waals surface area (Å²) in [7, 11) is -1.49. The number of sulfonamides is 1. The van der Waals surface area contributed by atoms with Crippen LogP contribution in [-0.2, 0) is 14.9 Å². The van der Waals surface area contributed by atoms with E-state index in [4.69, 9.17) is 16.4 Å². The van der Waals surface area contributed by atoms with Gasteiger partial charge >= 0.3 is 0 Å². The van der Waals surface area contributed by atoms with Gasteiger partial charge in [-0.25, -0.2) is 8.42 Å². The Hall–Kier alpha value is -1.93. The Morgan fingerprint density at radius 3 is 2.48 bits per heavy atom. The van der Waals surface area contributed by atoms with E-state index in [0.29, 0.717) is 4.47 Å². The molecule has 1 amide bonds. The highest BCUT2D eigenvalue weighted by molar-refractivity contribution is 7.89. The number of carbonyl (C=O) groups is 1. The second-order valence-corrected chi connectivity index (χ2v) is 8.61. The SMILES string of the molecule is CON(C)S(=O)(=O)c1cc(C(=O)NC(C)c2cc(C)ccc2C)ccc1Cl. The molecule has 0 aliphatic rings. The Bertz CT molecular complexity index is 960. The van der Waals surface area contributed by atoms with Crippen molar-refractivity contribution in [2.75, 3.05) is 14.2 Å². The maximum absolute atomic E-state index is 12.7. The summed E-state index contributed by atoms with van der Waals surface area (Å²) >= 11 is 6.03. The van der Waals surface area contributed by atoms with Gasteiger partial charge in [-0.2, -0.15) is 0 Å². The number of halogens is 1. The van der Waals surface area contributed by atoms with Crippen LogP contribution in [-0.4, -0.2) is 33.0 Å². The predicted molar refractivity (Wildman–Crippen MR) is 105 cm³/mol. The minimum atomic E-state index is -3.97. The third-order valence-electron chi connectivity index (χ3n) is 4.32. The van der Waals surface area contributed by atoms with Crippen molar-refractivity contribution in [3.63, 3.8) is 0 Å². The predicted octanol–water partition coefficient (Wildman–Crippen LogP) is 3.63. The summed E-state index contributed by atoms with van der Waals surface area (Å²) in [5, 5.41) is 2.91. The van der Waals surface area contributed by atoms with Crippen LogP contribution < -0.4 is 5.32 Å². The molecule has 0 aromatic heterocycles. The molecule has 2 aromatic carbocycles. The van der Waals surface area contributed by atoms with E-state index in [9.17, 15) is 13.2 Å². The Morgan fingerprint density at radius 1 is 1.19 bits per heavy atom. The van der Waals surface area contributed by atoms with Crippen molar-refractivity contribution < 1.29 is 18.0 Å². The van der Waals surface area contributed by atoms with Gasteiger partial charge in [-0.05, 0) is 50.1 Å². The summed E-state index contributed by atoms with van der Waals surface area (Å²) < 4.78 is 25.6. The van der Waals surface area contributed by atoms with Gasteiger partial charge in [-0.1, -0.05) is 39.8 Å². The standard InChI is InChI=1S/C19H23ClN2O4S/c1-12-6-7-13(2)16(10-12)14(3)21-19(23)15-8-9-17(20)18(11-15)27(24,25)22(4)26-5/h6-11,14H,1-5H3,(H,21,23). The fourth-order valence-electron chi connectivity index (χ4n) is 2.66. The van der Waals surface area contributed by atoms with Crippen molar-refractivity contribution in [1.29, 1.82) is 0 Å². The number of hydrogen-bond acceptors (Lipinski definition) is 4. The highest BCUT2D eigenvalue weighted by Gasteiger charge is 2.25. The molecule has 0 saturated carbocycles. The van der Waals surface area contributed by atoms with Gasteiger partial charge in [0.1, 0.15) is 4.90 Å². The lowest BCUT2D eigenvalue weighted by molar-refractivity contribution is -0.0258. The highest BCUT2D eigenvalue weighted by atomic mass is 35.5. The molecule has 0 saturated heterocycles. The van der Waals surface area contributed by atoms with Crippen LogP contribution in [0, 0.1) is 13.8 Å². The molecule has 0 aliphatic carbocycles. The molecule has 0 fully saturated rings. The number of hydroxylamine groups is 1. The molecule has 2 rings (SSSR count). The lowest BCUT2D eigenvalue weighted by Crippen LogP contribution is -2.28. The van der Waals surface area contributed by atoms with E-state index >= 15 is 0 Å². The molecule has 1 unspecified atom stereocenters. The molecule has 1 atom stereocenters. The van der Waals surface area contributed by atoms with Crippen LogP contribution in [0.5, 0.6) is 0 Å². The van der Waals surface area contributed by atoms with Crippen LogP contribution in [0.1, 0.15) is 40.0 Å². The second-order valence-electron chi connectivity index (χ2n) is 6.30. The largest absolute Gasteiger partial charge is 0.346 e. The van der Waals surface area contributed by atoms with Crippen molar-refractivity contribution >= 4 is 27.5 Å². The molecule has 0 bridgehead atoms. The third-order valence-corrected chi connectivity index (χ3v) is 6.48. The lowest BCUT2D eigenvalue weighted by Gasteiger charge is -2.18. The Kier molecular flexibility index (Phi) is 6.64. The molecule has 27 heavy (non-hydrogen) atoms. The first-order valence-corrected chi connectivity index (χ1v) is 10.1. The lowest BCUT2D eigenvalue weighted by atomic mass is 10.00. The summed E-state index contributed by atoms with van der Waals surface area (Å²) in [5.41, 5.74) is 3.36. The van der Waals surface area contributed by atoms with Crippen molar-refractivity contribution in [2.24, 2.45) is 0 Å². The third kappa shape index (κ3) is 4.68. The number of amides is 1. The zero-order valence-electron chi connectivity index (χ0n) is 15.9. The van der Waals surface area contributed by atoms with E-state index < -0.39 is 15.9 Å². The number of nitrogens with zero attached hydrogens (tertiary/aromatic N) is 1. The van der Waals surface area contributed by atoms with Crippen LogP contribution >= 0.6 is 11.6 Å². The van der Waals surface area contributed by atoms with E-state index in [2.05, 4.69) is 5.32 Å². The first-order valence-electron chi connectivity index (χ1n) is 8.28. The molecule has 2 aromatic rings. The van der Waals surface area contributed by atoms with Crippen LogP contribution in [0.4, 0.5) is 0 Å². The summed E-state index contributed by atoms with van der Waals surface area (Å²) in [5.74, 6) is -0.392. The van der Waals surface area contributed by atoms with E-state index in [0.717, 1.165) is 16.7 Å². The monoisotopic (exact) mass is 410 g/mol. The minimum absolute atomic E-state index is 0.0121. The Labute approximate surface area is 165 Å². The van der Waals surface area contributed by atoms with Crippen LogP contribution in [0.3, 0.4) is 0 Å². The molecule has 0 radical (unpaired) electrons. The average molecular weight is 411 g/mol. The van der Waals surface area contributed by atoms with Gasteiger partial charge in [0.05, 0.1) is 18.2 Å². The Morgan fingerprint density at radius 2 is 1.85 bits per heavy atom. The van der Waals surface area contributed by atoms with Gasteiger partial charge in [0.25, 0.3) is 15.9 Å². The first-order chi connectivity index (χ1) is 12.6. The van der Waals surface area contributed by atoms with E-state index in [1.807, 2.05) is 39.0 Å². The van der Waals surface area contributed by atoms with Gasteiger partial charge in [-0.15, -0.1) is 0 Å². The van der Waals surface area contributed by atoms with E-state index in [1.54, 1.807) is 0 Å². The topological polar surface area (TPSA) is 75.7 Å². The molecule has 0 spiro atoms. The van der Waals surface area contributed by atoms with Gasteiger partial charge < -0.3 is 5.32 Å². The maximum Gasteiger partial charge on any atom is 0.266 e. The van der Waals surface area contributed by atoms with Gasteiger partial charge in [0.2, 0.25) is 0 Å². The fraction of sp³-hybridized carbons (Fsp3) is 0.316. The molecular weight excluding hydrogens is 388 g/mol. The molecular formula is C19H23ClN2O4S. The van der Waals surface area contributed by atoms with Crippen molar-refractivity contribution in [3.05, 3.63) is 63.7 Å². The fourth-order valence-corrected chi connectivity index (χ4v) is 4.14. The Balaban J connectivity index is 2.32. The van der Waals surface area contributed by atoms with Gasteiger partial charge in [-0.3, -0.25) is 9.63 Å². The number of nitrogens with one attached hydrogen (secondary N) is 1. The number of carbonyl (C=O) groups excluding carboxylic acids is 1. The number of rotatable bonds is 6. The zero-order valence-corrected chi connectivity index (χ0v) is 17.5. The second kappa shape index (κ2) is 8.39. The minimum Gasteiger partial charge on any atom is -0.346 e. The maximum atomic E-state index is 12.7. The number of aryl methyl sites for hydroxylation is 2. The highest BCUT2D eigenvalue weighted by Crippen LogP contribution is 2.26. The first kappa shape index (κ1) is 21.4. The van der Waals surface area contributed by atoms with Crippen molar-refractivity contribution in [3.8, 4) is 0 Å². The van der Waals surface area contributed by atoms with Crippen LogP contribution in [0.15, 0.2) is 41.3 Å². The van der Waals surface area contributed by atoms with Crippen molar-refractivity contribution in [2.45, 2.75) is 31.7 Å². The number of hydrogen-bond donors (Lipinski definition) is 1. The molecule has 6 nitrogen and oxygen atoms in total. The van der Waals surface area contributed by atoms with Crippen molar-refractivity contribution in [1.82, 2.24) is 9.79 Å². The normalized spacial score (nSPS) is 12.9. The number of benzene rings is 2. The molecule has 0 heterocycles. The summed E-state index contributed by atoms with van der Waals surface area (Å²) in [6.45, 7) is 5.84. The summed E-state index contributed by atoms with van der Waals surface area (Å²) in [4.78, 5) is 17.2. The zero-order chi connectivity index (χ0) is 20.4. The molecule has 1 N–H and O–H groups in total. The summed E-state index contributed by atoms with van der Waals surface area (Å²) in [6.07, 6.45) is 0. The van der Waals surface area contributed by atoms with Gasteiger partial charge in [0, 0.05) is 12.6 Å². The molecule has 8 heteroatoms. The van der Waals surface area contributed by atoms with E-state index in [1.165, 1.54) is 32.4 Å². The van der Waals surface area contributed by atoms with Crippen LogP contribution in [0.2, 0.25) is 5.02 Å². The quantitative estimate of drug-likeness (QED) is 0.738.